The maximum atomic E-state index is 5.47. The molecular weight excluding hydrogens is 240 g/mol. The van der Waals surface area contributed by atoms with Crippen LogP contribution >= 0.6 is 11.3 Å². The van der Waals surface area contributed by atoms with E-state index in [0.717, 1.165) is 16.6 Å². The van der Waals surface area contributed by atoms with Crippen LogP contribution in [0.3, 0.4) is 0 Å². The normalized spacial score (nSPS) is 9.24. The van der Waals surface area contributed by atoms with Crippen LogP contribution in [0.15, 0.2) is 5.38 Å². The largest absolute Gasteiger partial charge is 0.489 e. The fraction of sp³-hybridized carbons (Fsp3) is 0.667. The van der Waals surface area contributed by atoms with Gasteiger partial charge in [-0.25, -0.2) is 0 Å². The van der Waals surface area contributed by atoms with Crippen molar-refractivity contribution in [1.29, 1.82) is 0 Å². The first-order chi connectivity index (χ1) is 8.24. The van der Waals surface area contributed by atoms with E-state index in [1.807, 2.05) is 26.2 Å². The molecule has 0 aromatic carbocycles. The summed E-state index contributed by atoms with van der Waals surface area (Å²) in [5.41, 5.74) is 0. The van der Waals surface area contributed by atoms with E-state index in [-0.39, 0.29) is 0 Å². The van der Waals surface area contributed by atoms with Gasteiger partial charge in [0, 0.05) is 19.6 Å². The second-order valence-corrected chi connectivity index (χ2v) is 3.77. The molecule has 0 saturated heterocycles. The lowest BCUT2D eigenvalue weighted by Crippen LogP contribution is -1.98. The molecule has 0 aliphatic carbocycles. The SMILES string of the molecule is CCOc1csc(OCC)c1OCC.COC. The van der Waals surface area contributed by atoms with Gasteiger partial charge >= 0.3 is 0 Å². The van der Waals surface area contributed by atoms with Gasteiger partial charge in [-0.15, -0.1) is 0 Å². The molecule has 0 radical (unpaired) electrons. The van der Waals surface area contributed by atoms with Crippen LogP contribution < -0.4 is 14.2 Å². The van der Waals surface area contributed by atoms with Crippen LogP contribution in [-0.4, -0.2) is 34.0 Å². The zero-order valence-corrected chi connectivity index (χ0v) is 12.1. The van der Waals surface area contributed by atoms with Gasteiger partial charge in [0.15, 0.2) is 5.75 Å². The Balaban J connectivity index is 0.000000770. The summed E-state index contributed by atoms with van der Waals surface area (Å²) in [5.74, 6) is 1.52. The van der Waals surface area contributed by atoms with E-state index < -0.39 is 0 Å². The van der Waals surface area contributed by atoms with E-state index in [4.69, 9.17) is 14.2 Å². The molecule has 1 rings (SSSR count). The lowest BCUT2D eigenvalue weighted by Gasteiger charge is -2.08. The first kappa shape index (κ1) is 16.1. The molecule has 0 aliphatic rings. The van der Waals surface area contributed by atoms with Crippen LogP contribution in [0.2, 0.25) is 0 Å². The van der Waals surface area contributed by atoms with Crippen LogP contribution in [0.4, 0.5) is 0 Å². The summed E-state index contributed by atoms with van der Waals surface area (Å²) in [6.07, 6.45) is 0. The molecule has 0 bridgehead atoms. The minimum absolute atomic E-state index is 0.622. The average molecular weight is 262 g/mol. The molecule has 100 valence electrons. The van der Waals surface area contributed by atoms with E-state index >= 15 is 0 Å². The Hall–Kier alpha value is -0.940. The summed E-state index contributed by atoms with van der Waals surface area (Å²) < 4.78 is 20.6. The van der Waals surface area contributed by atoms with E-state index in [2.05, 4.69) is 4.74 Å². The highest BCUT2D eigenvalue weighted by atomic mass is 32.1. The zero-order valence-electron chi connectivity index (χ0n) is 11.2. The second kappa shape index (κ2) is 10.2. The molecule has 0 N–H and O–H groups in total. The summed E-state index contributed by atoms with van der Waals surface area (Å²) in [6.45, 7) is 7.76. The number of hydrogen-bond acceptors (Lipinski definition) is 5. The molecule has 1 aromatic rings. The molecule has 0 fully saturated rings. The lowest BCUT2D eigenvalue weighted by atomic mass is 10.5. The van der Waals surface area contributed by atoms with Crippen LogP contribution in [0, 0.1) is 0 Å². The van der Waals surface area contributed by atoms with Crippen molar-refractivity contribution in [2.75, 3.05) is 34.0 Å². The number of ether oxygens (including phenoxy) is 4. The molecule has 0 aliphatic heterocycles. The highest BCUT2D eigenvalue weighted by Gasteiger charge is 2.14. The summed E-state index contributed by atoms with van der Waals surface area (Å²) >= 11 is 1.51. The Morgan fingerprint density at radius 1 is 0.941 bits per heavy atom. The van der Waals surface area contributed by atoms with Gasteiger partial charge in [-0.05, 0) is 20.8 Å². The van der Waals surface area contributed by atoms with Crippen molar-refractivity contribution in [3.05, 3.63) is 5.38 Å². The lowest BCUT2D eigenvalue weighted by molar-refractivity contribution is 0.268. The van der Waals surface area contributed by atoms with Gasteiger partial charge in [0.25, 0.3) is 0 Å². The van der Waals surface area contributed by atoms with Gasteiger partial charge in [0.1, 0.15) is 0 Å². The quantitative estimate of drug-likeness (QED) is 0.789. The molecule has 0 spiro atoms. The fourth-order valence-corrected chi connectivity index (χ4v) is 1.92. The number of methoxy groups -OCH3 is 1. The second-order valence-electron chi connectivity index (χ2n) is 2.92. The summed E-state index contributed by atoms with van der Waals surface area (Å²) in [4.78, 5) is 0. The first-order valence-electron chi connectivity index (χ1n) is 5.64. The van der Waals surface area contributed by atoms with Crippen molar-refractivity contribution in [3.8, 4) is 16.6 Å². The molecular formula is C12H22O4S. The zero-order chi connectivity index (χ0) is 13.1. The van der Waals surface area contributed by atoms with Gasteiger partial charge in [-0.3, -0.25) is 0 Å². The van der Waals surface area contributed by atoms with Crippen molar-refractivity contribution in [1.82, 2.24) is 0 Å². The van der Waals surface area contributed by atoms with Crippen molar-refractivity contribution in [2.45, 2.75) is 20.8 Å². The Morgan fingerprint density at radius 3 is 1.94 bits per heavy atom. The van der Waals surface area contributed by atoms with Crippen molar-refractivity contribution < 1.29 is 18.9 Å². The Bertz CT molecular complexity index is 263. The molecule has 4 nitrogen and oxygen atoms in total. The third-order valence-corrected chi connectivity index (χ3v) is 2.40. The summed E-state index contributed by atoms with van der Waals surface area (Å²) in [7, 11) is 3.25. The third kappa shape index (κ3) is 5.79. The maximum absolute atomic E-state index is 5.47. The number of hydrogen-bond donors (Lipinski definition) is 0. The van der Waals surface area contributed by atoms with Crippen molar-refractivity contribution in [3.63, 3.8) is 0 Å². The number of rotatable bonds is 6. The van der Waals surface area contributed by atoms with E-state index in [0.29, 0.717) is 19.8 Å². The molecule has 0 unspecified atom stereocenters. The molecule has 1 heterocycles. The van der Waals surface area contributed by atoms with Crippen LogP contribution in [0.1, 0.15) is 20.8 Å². The van der Waals surface area contributed by atoms with Gasteiger partial charge in [-0.2, -0.15) is 0 Å². The molecule has 5 heteroatoms. The highest BCUT2D eigenvalue weighted by Crippen LogP contribution is 2.43. The minimum atomic E-state index is 0.622. The Morgan fingerprint density at radius 2 is 1.47 bits per heavy atom. The topological polar surface area (TPSA) is 36.9 Å². The van der Waals surface area contributed by atoms with E-state index in [1.165, 1.54) is 11.3 Å². The third-order valence-electron chi connectivity index (χ3n) is 1.55. The number of thiophene rings is 1. The highest BCUT2D eigenvalue weighted by molar-refractivity contribution is 7.12. The molecule has 0 saturated carbocycles. The predicted molar refractivity (Wildman–Crippen MR) is 70.8 cm³/mol. The van der Waals surface area contributed by atoms with Crippen molar-refractivity contribution >= 4 is 11.3 Å². The van der Waals surface area contributed by atoms with Crippen LogP contribution in [-0.2, 0) is 4.74 Å². The molecule has 0 amide bonds. The van der Waals surface area contributed by atoms with Crippen LogP contribution in [0.5, 0.6) is 16.6 Å². The van der Waals surface area contributed by atoms with E-state index in [9.17, 15) is 0 Å². The maximum Gasteiger partial charge on any atom is 0.221 e. The fourth-order valence-electron chi connectivity index (χ4n) is 1.07. The molecule has 1 aromatic heterocycles. The van der Waals surface area contributed by atoms with E-state index in [1.54, 1.807) is 14.2 Å². The standard InChI is InChI=1S/C10H16O3S.C2H6O/c1-4-11-8-7-14-10(13-6-3)9(8)12-5-2;1-3-2/h7H,4-6H2,1-3H3;1-2H3. The Labute approximate surface area is 107 Å². The van der Waals surface area contributed by atoms with Gasteiger partial charge in [-0.1, -0.05) is 11.3 Å². The first-order valence-corrected chi connectivity index (χ1v) is 6.52. The molecule has 0 atom stereocenters. The monoisotopic (exact) mass is 262 g/mol. The van der Waals surface area contributed by atoms with Crippen LogP contribution in [0.25, 0.3) is 0 Å². The Kier molecular flexibility index (Phi) is 9.66. The predicted octanol–water partition coefficient (Wildman–Crippen LogP) is 3.21. The minimum Gasteiger partial charge on any atom is -0.489 e. The summed E-state index contributed by atoms with van der Waals surface area (Å²) in [6, 6.07) is 0. The average Bonchev–Trinajstić information content (AvgIpc) is 2.65. The van der Waals surface area contributed by atoms with Gasteiger partial charge in [0.2, 0.25) is 10.8 Å². The smallest absolute Gasteiger partial charge is 0.221 e. The van der Waals surface area contributed by atoms with Gasteiger partial charge < -0.3 is 18.9 Å². The molecule has 17 heavy (non-hydrogen) atoms. The van der Waals surface area contributed by atoms with Gasteiger partial charge in [0.05, 0.1) is 19.8 Å². The summed E-state index contributed by atoms with van der Waals surface area (Å²) in [5, 5.41) is 2.72. The van der Waals surface area contributed by atoms with Crippen molar-refractivity contribution in [2.24, 2.45) is 0 Å².